The van der Waals surface area contributed by atoms with E-state index in [2.05, 4.69) is 24.5 Å². The van der Waals surface area contributed by atoms with Gasteiger partial charge in [0, 0.05) is 0 Å². The maximum atomic E-state index is 11.9. The summed E-state index contributed by atoms with van der Waals surface area (Å²) in [5.74, 6) is -0.130. The van der Waals surface area contributed by atoms with E-state index in [9.17, 15) is 9.59 Å². The molecule has 0 atom stereocenters. The summed E-state index contributed by atoms with van der Waals surface area (Å²) in [6, 6.07) is -0.331. The number of hydrogen-bond acceptors (Lipinski definition) is 2. The van der Waals surface area contributed by atoms with Crippen molar-refractivity contribution >= 4 is 11.9 Å². The summed E-state index contributed by atoms with van der Waals surface area (Å²) in [7, 11) is 0. The van der Waals surface area contributed by atoms with Crippen LogP contribution in [0.15, 0.2) is 0 Å². The number of amides is 3. The number of carbonyl (C=O) groups is 2. The minimum Gasteiger partial charge on any atom is -0.323 e. The largest absolute Gasteiger partial charge is 0.323 e. The monoisotopic (exact) mass is 240 g/mol. The molecule has 0 unspecified atom stereocenters. The molecule has 4 heteroatoms. The van der Waals surface area contributed by atoms with Crippen molar-refractivity contribution < 1.29 is 9.59 Å². The van der Waals surface area contributed by atoms with Gasteiger partial charge in [0.2, 0.25) is 0 Å². The summed E-state index contributed by atoms with van der Waals surface area (Å²) in [6.07, 6.45) is 8.00. The van der Waals surface area contributed by atoms with Gasteiger partial charge in [-0.15, -0.1) is 0 Å². The van der Waals surface area contributed by atoms with Crippen LogP contribution in [0.5, 0.6) is 0 Å². The molecule has 0 saturated carbocycles. The van der Waals surface area contributed by atoms with Crippen LogP contribution in [0, 0.1) is 0 Å². The molecule has 1 aliphatic heterocycles. The van der Waals surface area contributed by atoms with Crippen LogP contribution in [0.1, 0.15) is 65.2 Å². The molecule has 0 aromatic carbocycles. The van der Waals surface area contributed by atoms with Gasteiger partial charge in [0.05, 0.1) is 0 Å². The first-order valence-electron chi connectivity index (χ1n) is 6.78. The molecule has 17 heavy (non-hydrogen) atoms. The number of nitrogens with one attached hydrogen (secondary N) is 2. The third kappa shape index (κ3) is 3.72. The van der Waals surface area contributed by atoms with Crippen molar-refractivity contribution in [2.75, 3.05) is 0 Å². The zero-order chi connectivity index (χ0) is 12.7. The fourth-order valence-electron chi connectivity index (χ4n) is 2.36. The maximum Gasteiger partial charge on any atom is 0.322 e. The minimum atomic E-state index is -0.624. The third-order valence-corrected chi connectivity index (χ3v) is 3.43. The average molecular weight is 240 g/mol. The summed E-state index contributed by atoms with van der Waals surface area (Å²) in [4.78, 5) is 23.2. The van der Waals surface area contributed by atoms with Gasteiger partial charge in [-0.05, 0) is 12.8 Å². The molecule has 1 fully saturated rings. The first-order valence-corrected chi connectivity index (χ1v) is 6.78. The van der Waals surface area contributed by atoms with Crippen LogP contribution >= 0.6 is 0 Å². The predicted molar refractivity (Wildman–Crippen MR) is 67.7 cm³/mol. The predicted octanol–water partition coefficient (Wildman–Crippen LogP) is 2.73. The Morgan fingerprint density at radius 2 is 1.47 bits per heavy atom. The van der Waals surface area contributed by atoms with Crippen molar-refractivity contribution in [3.63, 3.8) is 0 Å². The molecule has 0 radical (unpaired) electrons. The molecule has 1 rings (SSSR count). The molecule has 0 aliphatic carbocycles. The van der Waals surface area contributed by atoms with Gasteiger partial charge in [-0.2, -0.15) is 0 Å². The van der Waals surface area contributed by atoms with E-state index in [4.69, 9.17) is 0 Å². The molecule has 4 nitrogen and oxygen atoms in total. The first-order chi connectivity index (χ1) is 8.14. The number of rotatable bonds is 8. The molecule has 98 valence electrons. The highest BCUT2D eigenvalue weighted by molar-refractivity contribution is 6.06. The molecule has 1 saturated heterocycles. The molecule has 2 N–H and O–H groups in total. The Morgan fingerprint density at radius 3 is 1.82 bits per heavy atom. The zero-order valence-electron chi connectivity index (χ0n) is 11.0. The van der Waals surface area contributed by atoms with E-state index in [0.717, 1.165) is 51.4 Å². The lowest BCUT2D eigenvalue weighted by Gasteiger charge is -2.26. The summed E-state index contributed by atoms with van der Waals surface area (Å²) in [6.45, 7) is 4.27. The van der Waals surface area contributed by atoms with Crippen LogP contribution in [-0.2, 0) is 4.79 Å². The quantitative estimate of drug-likeness (QED) is 0.506. The number of carbonyl (C=O) groups excluding carboxylic acids is 2. The molecular weight excluding hydrogens is 216 g/mol. The Kier molecular flexibility index (Phi) is 5.45. The topological polar surface area (TPSA) is 58.2 Å². The zero-order valence-corrected chi connectivity index (χ0v) is 11.0. The van der Waals surface area contributed by atoms with Gasteiger partial charge in [0.25, 0.3) is 5.91 Å². The number of hydrogen-bond donors (Lipinski definition) is 2. The standard InChI is InChI=1S/C13H24N2O2/c1-3-5-7-9-13(10-8-6-4-2)11(16)14-12(17)15-13/h3-10H2,1-2H3,(H2,14,15,16,17). The Labute approximate surface area is 104 Å². The molecule has 0 aromatic heterocycles. The lowest BCUT2D eigenvalue weighted by atomic mass is 9.87. The van der Waals surface area contributed by atoms with Gasteiger partial charge in [0.1, 0.15) is 5.54 Å². The normalized spacial score (nSPS) is 18.0. The van der Waals surface area contributed by atoms with Crippen LogP contribution in [0.4, 0.5) is 4.79 Å². The molecule has 0 bridgehead atoms. The maximum absolute atomic E-state index is 11.9. The highest BCUT2D eigenvalue weighted by Crippen LogP contribution is 2.25. The summed E-state index contributed by atoms with van der Waals surface area (Å²) in [5, 5.41) is 5.21. The Hall–Kier alpha value is -1.06. The highest BCUT2D eigenvalue weighted by atomic mass is 16.2. The van der Waals surface area contributed by atoms with Gasteiger partial charge in [-0.25, -0.2) is 4.79 Å². The van der Waals surface area contributed by atoms with Gasteiger partial charge in [-0.3, -0.25) is 10.1 Å². The van der Waals surface area contributed by atoms with Crippen LogP contribution in [0.3, 0.4) is 0 Å². The van der Waals surface area contributed by atoms with Crippen molar-refractivity contribution in [3.05, 3.63) is 0 Å². The van der Waals surface area contributed by atoms with E-state index in [1.807, 2.05) is 0 Å². The second kappa shape index (κ2) is 6.62. The second-order valence-corrected chi connectivity index (χ2v) is 4.90. The van der Waals surface area contributed by atoms with Crippen molar-refractivity contribution in [2.24, 2.45) is 0 Å². The minimum absolute atomic E-state index is 0.130. The SMILES string of the molecule is CCCCCC1(CCCCC)NC(=O)NC1=O. The molecule has 3 amide bonds. The van der Waals surface area contributed by atoms with Crippen LogP contribution in [-0.4, -0.2) is 17.5 Å². The van der Waals surface area contributed by atoms with Crippen LogP contribution < -0.4 is 10.6 Å². The van der Waals surface area contributed by atoms with Crippen molar-refractivity contribution in [3.8, 4) is 0 Å². The third-order valence-electron chi connectivity index (χ3n) is 3.43. The van der Waals surface area contributed by atoms with E-state index in [-0.39, 0.29) is 11.9 Å². The molecule has 0 aromatic rings. The van der Waals surface area contributed by atoms with E-state index in [0.29, 0.717) is 0 Å². The van der Waals surface area contributed by atoms with Crippen molar-refractivity contribution in [1.29, 1.82) is 0 Å². The highest BCUT2D eigenvalue weighted by Gasteiger charge is 2.44. The molecular formula is C13H24N2O2. The van der Waals surface area contributed by atoms with E-state index in [1.54, 1.807) is 0 Å². The Morgan fingerprint density at radius 1 is 0.941 bits per heavy atom. The Balaban J connectivity index is 2.57. The van der Waals surface area contributed by atoms with Crippen LogP contribution in [0.25, 0.3) is 0 Å². The van der Waals surface area contributed by atoms with Crippen molar-refractivity contribution in [1.82, 2.24) is 10.6 Å². The molecule has 1 heterocycles. The lowest BCUT2D eigenvalue weighted by Crippen LogP contribution is -2.46. The van der Waals surface area contributed by atoms with Crippen LogP contribution in [0.2, 0.25) is 0 Å². The average Bonchev–Trinajstić information content (AvgIpc) is 2.55. The molecule has 0 spiro atoms. The fourth-order valence-corrected chi connectivity index (χ4v) is 2.36. The number of unbranched alkanes of at least 4 members (excludes halogenated alkanes) is 4. The van der Waals surface area contributed by atoms with Gasteiger partial charge < -0.3 is 5.32 Å². The van der Waals surface area contributed by atoms with E-state index >= 15 is 0 Å². The number of imide groups is 1. The van der Waals surface area contributed by atoms with Crippen molar-refractivity contribution in [2.45, 2.75) is 70.8 Å². The lowest BCUT2D eigenvalue weighted by molar-refractivity contribution is -0.124. The van der Waals surface area contributed by atoms with Gasteiger partial charge in [0.15, 0.2) is 0 Å². The summed E-state index contributed by atoms with van der Waals surface area (Å²) in [5.41, 5.74) is -0.624. The summed E-state index contributed by atoms with van der Waals surface area (Å²) < 4.78 is 0. The molecule has 1 aliphatic rings. The number of urea groups is 1. The first kappa shape index (κ1) is 14.0. The van der Waals surface area contributed by atoms with Gasteiger partial charge in [-0.1, -0.05) is 52.4 Å². The fraction of sp³-hybridized carbons (Fsp3) is 0.846. The Bertz CT molecular complexity index is 267. The van der Waals surface area contributed by atoms with E-state index < -0.39 is 5.54 Å². The smallest absolute Gasteiger partial charge is 0.322 e. The van der Waals surface area contributed by atoms with Gasteiger partial charge >= 0.3 is 6.03 Å². The summed E-state index contributed by atoms with van der Waals surface area (Å²) >= 11 is 0. The second-order valence-electron chi connectivity index (χ2n) is 4.90. The van der Waals surface area contributed by atoms with E-state index in [1.165, 1.54) is 0 Å².